The van der Waals surface area contributed by atoms with Crippen molar-refractivity contribution in [2.24, 2.45) is 18.9 Å². The molecular weight excluding hydrogens is 440 g/mol. The molecule has 2 N–H and O–H groups in total. The van der Waals surface area contributed by atoms with Gasteiger partial charge < -0.3 is 25.3 Å². The number of piperidine rings is 1. The van der Waals surface area contributed by atoms with Crippen LogP contribution in [0.25, 0.3) is 11.0 Å². The fourth-order valence-electron chi connectivity index (χ4n) is 5.72. The van der Waals surface area contributed by atoms with Gasteiger partial charge in [-0.2, -0.15) is 4.98 Å². The van der Waals surface area contributed by atoms with Gasteiger partial charge >= 0.3 is 0 Å². The van der Waals surface area contributed by atoms with E-state index in [1.807, 2.05) is 12.3 Å². The van der Waals surface area contributed by atoms with E-state index in [9.17, 15) is 4.79 Å². The van der Waals surface area contributed by atoms with Crippen molar-refractivity contribution >= 4 is 34.0 Å². The Hall–Kier alpha value is -3.17. The summed E-state index contributed by atoms with van der Waals surface area (Å²) in [5, 5.41) is 7.68. The highest BCUT2D eigenvalue weighted by molar-refractivity contribution is 5.79. The van der Waals surface area contributed by atoms with Crippen molar-refractivity contribution in [3.05, 3.63) is 46.9 Å². The maximum atomic E-state index is 13.3. The molecule has 2 atom stereocenters. The van der Waals surface area contributed by atoms with Crippen LogP contribution in [0.3, 0.4) is 0 Å². The lowest BCUT2D eigenvalue weighted by molar-refractivity contribution is 0.313. The van der Waals surface area contributed by atoms with E-state index in [4.69, 9.17) is 0 Å². The van der Waals surface area contributed by atoms with Crippen molar-refractivity contribution in [3.63, 3.8) is 0 Å². The van der Waals surface area contributed by atoms with Crippen molar-refractivity contribution in [2.45, 2.75) is 6.42 Å². The summed E-state index contributed by atoms with van der Waals surface area (Å²) < 4.78 is 1.66. The van der Waals surface area contributed by atoms with Crippen LogP contribution in [0.5, 0.6) is 0 Å². The van der Waals surface area contributed by atoms with E-state index in [1.165, 1.54) is 5.69 Å². The standard InChI is InChI=1S/C26H34N8O/c1-31-9-11-33(12-10-31)22-5-3-21(4-6-22)29-26-28-16-19-13-23(25(35)32(2)24(19)30-26)34-8-7-18-14-27-15-20(18)17-34/h3-6,13,16,18,20,27H,7-12,14-15,17H2,1-2H3,(H,28,29,30)/t18?,20-/m0/s1. The molecule has 0 saturated carbocycles. The molecule has 3 aliphatic heterocycles. The molecule has 0 spiro atoms. The van der Waals surface area contributed by atoms with Gasteiger partial charge in [0, 0.05) is 69.3 Å². The fourth-order valence-corrected chi connectivity index (χ4v) is 5.72. The second-order valence-electron chi connectivity index (χ2n) is 10.2. The molecule has 184 valence electrons. The molecule has 9 heteroatoms. The number of aryl methyl sites for hydroxylation is 1. The average Bonchev–Trinajstić information content (AvgIpc) is 3.35. The number of pyridine rings is 1. The first kappa shape index (κ1) is 22.3. The molecule has 1 aromatic carbocycles. The molecule has 2 aromatic heterocycles. The van der Waals surface area contributed by atoms with E-state index in [-0.39, 0.29) is 5.56 Å². The number of hydrogen-bond acceptors (Lipinski definition) is 8. The topological polar surface area (TPSA) is 81.6 Å². The van der Waals surface area contributed by atoms with Gasteiger partial charge in [0.05, 0.1) is 0 Å². The van der Waals surface area contributed by atoms with E-state index in [1.54, 1.807) is 11.6 Å². The summed E-state index contributed by atoms with van der Waals surface area (Å²) in [6.07, 6.45) is 2.95. The van der Waals surface area contributed by atoms with Crippen LogP contribution in [-0.4, -0.2) is 78.8 Å². The van der Waals surface area contributed by atoms with Crippen molar-refractivity contribution in [1.29, 1.82) is 0 Å². The predicted octanol–water partition coefficient (Wildman–Crippen LogP) is 1.87. The molecule has 3 aromatic rings. The quantitative estimate of drug-likeness (QED) is 0.593. The zero-order chi connectivity index (χ0) is 23.9. The highest BCUT2D eigenvalue weighted by atomic mass is 16.1. The lowest BCUT2D eigenvalue weighted by Gasteiger charge is -2.35. The van der Waals surface area contributed by atoms with Crippen LogP contribution >= 0.6 is 0 Å². The Morgan fingerprint density at radius 1 is 0.971 bits per heavy atom. The molecule has 0 aliphatic carbocycles. The number of aromatic nitrogens is 3. The normalized spacial score (nSPS) is 23.0. The van der Waals surface area contributed by atoms with Gasteiger partial charge in [-0.3, -0.25) is 9.36 Å². The van der Waals surface area contributed by atoms with E-state index in [2.05, 4.69) is 66.6 Å². The van der Waals surface area contributed by atoms with Gasteiger partial charge in [0.15, 0.2) is 0 Å². The maximum absolute atomic E-state index is 13.3. The van der Waals surface area contributed by atoms with Gasteiger partial charge in [-0.15, -0.1) is 0 Å². The second-order valence-corrected chi connectivity index (χ2v) is 10.2. The smallest absolute Gasteiger partial charge is 0.275 e. The number of likely N-dealkylation sites (N-methyl/N-ethyl adjacent to an activating group) is 1. The van der Waals surface area contributed by atoms with Crippen molar-refractivity contribution in [3.8, 4) is 0 Å². The van der Waals surface area contributed by atoms with Crippen LogP contribution in [0.4, 0.5) is 23.0 Å². The molecule has 3 saturated heterocycles. The van der Waals surface area contributed by atoms with E-state index in [0.717, 1.165) is 81.5 Å². The Balaban J connectivity index is 1.21. The number of nitrogens with zero attached hydrogens (tertiary/aromatic N) is 6. The number of rotatable bonds is 4. The Morgan fingerprint density at radius 2 is 1.74 bits per heavy atom. The summed E-state index contributed by atoms with van der Waals surface area (Å²) in [5.41, 5.74) is 3.56. The second kappa shape index (κ2) is 9.13. The highest BCUT2D eigenvalue weighted by Crippen LogP contribution is 2.29. The van der Waals surface area contributed by atoms with Crippen LogP contribution in [-0.2, 0) is 7.05 Å². The number of nitrogens with one attached hydrogen (secondary N) is 2. The molecule has 0 radical (unpaired) electrons. The van der Waals surface area contributed by atoms with E-state index in [0.29, 0.717) is 17.5 Å². The third-order valence-corrected chi connectivity index (χ3v) is 7.97. The molecule has 9 nitrogen and oxygen atoms in total. The minimum Gasteiger partial charge on any atom is -0.369 e. The lowest BCUT2D eigenvalue weighted by atomic mass is 9.88. The molecule has 6 rings (SSSR count). The molecule has 0 bridgehead atoms. The Kier molecular flexibility index (Phi) is 5.82. The first-order chi connectivity index (χ1) is 17.0. The van der Waals surface area contributed by atoms with Gasteiger partial charge in [0.2, 0.25) is 5.95 Å². The highest BCUT2D eigenvalue weighted by Gasteiger charge is 2.33. The third-order valence-electron chi connectivity index (χ3n) is 7.97. The zero-order valence-corrected chi connectivity index (χ0v) is 20.6. The molecule has 3 fully saturated rings. The van der Waals surface area contributed by atoms with Crippen LogP contribution < -0.4 is 26.0 Å². The Bertz CT molecular complexity index is 1260. The molecule has 3 aliphatic rings. The zero-order valence-electron chi connectivity index (χ0n) is 20.6. The van der Waals surface area contributed by atoms with Crippen molar-refractivity contribution in [2.75, 3.05) is 74.5 Å². The molecule has 5 heterocycles. The maximum Gasteiger partial charge on any atom is 0.275 e. The summed E-state index contributed by atoms with van der Waals surface area (Å²) >= 11 is 0. The van der Waals surface area contributed by atoms with Gasteiger partial charge in [-0.05, 0) is 68.7 Å². The number of anilines is 4. The average molecular weight is 475 g/mol. The van der Waals surface area contributed by atoms with Crippen LogP contribution in [0.2, 0.25) is 0 Å². The minimum absolute atomic E-state index is 0.00286. The summed E-state index contributed by atoms with van der Waals surface area (Å²) in [7, 11) is 3.97. The molecular formula is C26H34N8O. The summed E-state index contributed by atoms with van der Waals surface area (Å²) in [5.74, 6) is 1.85. The van der Waals surface area contributed by atoms with E-state index < -0.39 is 0 Å². The van der Waals surface area contributed by atoms with Crippen molar-refractivity contribution in [1.82, 2.24) is 24.8 Å². The predicted molar refractivity (Wildman–Crippen MR) is 141 cm³/mol. The van der Waals surface area contributed by atoms with Crippen molar-refractivity contribution < 1.29 is 0 Å². The van der Waals surface area contributed by atoms with Crippen LogP contribution in [0, 0.1) is 11.8 Å². The SMILES string of the molecule is CN1CCN(c2ccc(Nc3ncc4cc(N5CCC6CNC[C@H]6C5)c(=O)n(C)c4n3)cc2)CC1. The van der Waals surface area contributed by atoms with Gasteiger partial charge in [0.1, 0.15) is 11.3 Å². The summed E-state index contributed by atoms with van der Waals surface area (Å²) in [6, 6.07) is 10.4. The number of fused-ring (bicyclic) bond motifs is 2. The number of benzene rings is 1. The Labute approximate surface area is 205 Å². The monoisotopic (exact) mass is 474 g/mol. The third kappa shape index (κ3) is 4.34. The largest absolute Gasteiger partial charge is 0.369 e. The van der Waals surface area contributed by atoms with Gasteiger partial charge in [-0.25, -0.2) is 4.98 Å². The van der Waals surface area contributed by atoms with Gasteiger partial charge in [-0.1, -0.05) is 0 Å². The number of piperazine rings is 1. The molecule has 0 amide bonds. The number of hydrogen-bond donors (Lipinski definition) is 2. The Morgan fingerprint density at radius 3 is 2.54 bits per heavy atom. The lowest BCUT2D eigenvalue weighted by Crippen LogP contribution is -2.44. The van der Waals surface area contributed by atoms with E-state index >= 15 is 0 Å². The summed E-state index contributed by atoms with van der Waals surface area (Å²) in [6.45, 7) is 8.27. The van der Waals surface area contributed by atoms with Gasteiger partial charge in [0.25, 0.3) is 5.56 Å². The first-order valence-corrected chi connectivity index (χ1v) is 12.7. The molecule has 1 unspecified atom stereocenters. The molecule has 35 heavy (non-hydrogen) atoms. The minimum atomic E-state index is 0.00286. The van der Waals surface area contributed by atoms with Crippen LogP contribution in [0.15, 0.2) is 41.3 Å². The first-order valence-electron chi connectivity index (χ1n) is 12.7. The summed E-state index contributed by atoms with van der Waals surface area (Å²) in [4.78, 5) is 29.5. The van der Waals surface area contributed by atoms with Crippen LogP contribution in [0.1, 0.15) is 6.42 Å². The fraction of sp³-hybridized carbons (Fsp3) is 0.500.